The van der Waals surface area contributed by atoms with Crippen LogP contribution in [0.15, 0.2) is 30.3 Å². The fourth-order valence-electron chi connectivity index (χ4n) is 3.24. The average Bonchev–Trinajstić information content (AvgIpc) is 3.23. The van der Waals surface area contributed by atoms with E-state index >= 15 is 0 Å². The van der Waals surface area contributed by atoms with Gasteiger partial charge in [-0.25, -0.2) is 9.97 Å². The fourth-order valence-corrected chi connectivity index (χ4v) is 3.24. The molecule has 29 heavy (non-hydrogen) atoms. The molecule has 1 aliphatic rings. The first-order valence-electron chi connectivity index (χ1n) is 9.98. The van der Waals surface area contributed by atoms with E-state index in [1.165, 1.54) is 0 Å². The third kappa shape index (κ3) is 5.50. The molecule has 0 saturated carbocycles. The van der Waals surface area contributed by atoms with Gasteiger partial charge < -0.3 is 15.7 Å². The monoisotopic (exact) mass is 398 g/mol. The minimum absolute atomic E-state index is 0.0660. The van der Waals surface area contributed by atoms with Crippen LogP contribution in [0.25, 0.3) is 0 Å². The lowest BCUT2D eigenvalue weighted by molar-refractivity contribution is 0.0523. The standard InChI is InChI=1S/C21H30N6O2/c1-14-15(2)26-19(27-18(14)22-10-9-16-11-24-25-12-16)20(28)23-13-21(3,29)17-7-5-4-6-8-17/h4-8,16,24-25,29H,9-13H2,1-3H3,(H,23,28)(H,22,26,27). The van der Waals surface area contributed by atoms with Gasteiger partial charge in [-0.05, 0) is 38.7 Å². The Morgan fingerprint density at radius 3 is 2.59 bits per heavy atom. The first kappa shape index (κ1) is 21.2. The first-order valence-corrected chi connectivity index (χ1v) is 9.98. The van der Waals surface area contributed by atoms with Gasteiger partial charge in [-0.3, -0.25) is 15.6 Å². The van der Waals surface area contributed by atoms with Crippen LogP contribution in [0, 0.1) is 19.8 Å². The molecule has 1 unspecified atom stereocenters. The number of anilines is 1. The molecule has 0 bridgehead atoms. The van der Waals surface area contributed by atoms with Crippen LogP contribution >= 0.6 is 0 Å². The first-order chi connectivity index (χ1) is 13.9. The smallest absolute Gasteiger partial charge is 0.289 e. The zero-order chi connectivity index (χ0) is 20.9. The zero-order valence-corrected chi connectivity index (χ0v) is 17.2. The highest BCUT2D eigenvalue weighted by Crippen LogP contribution is 2.19. The number of benzene rings is 1. The molecule has 1 fully saturated rings. The Kier molecular flexibility index (Phi) is 6.79. The molecule has 0 spiro atoms. The Labute approximate surface area is 171 Å². The Morgan fingerprint density at radius 2 is 1.90 bits per heavy atom. The number of carbonyl (C=O) groups is 1. The van der Waals surface area contributed by atoms with Crippen molar-refractivity contribution in [3.63, 3.8) is 0 Å². The van der Waals surface area contributed by atoms with Crippen molar-refractivity contribution >= 4 is 11.7 Å². The summed E-state index contributed by atoms with van der Waals surface area (Å²) in [6.07, 6.45) is 1.00. The van der Waals surface area contributed by atoms with Crippen molar-refractivity contribution in [2.45, 2.75) is 32.8 Å². The molecule has 1 saturated heterocycles. The third-order valence-corrected chi connectivity index (χ3v) is 5.33. The zero-order valence-electron chi connectivity index (χ0n) is 17.2. The van der Waals surface area contributed by atoms with Crippen LogP contribution < -0.4 is 21.5 Å². The maximum atomic E-state index is 12.6. The Bertz CT molecular complexity index is 835. The van der Waals surface area contributed by atoms with Gasteiger partial charge in [0, 0.05) is 30.9 Å². The largest absolute Gasteiger partial charge is 0.384 e. The minimum atomic E-state index is -1.18. The van der Waals surface area contributed by atoms with Gasteiger partial charge >= 0.3 is 0 Å². The predicted octanol–water partition coefficient (Wildman–Crippen LogP) is 1.26. The van der Waals surface area contributed by atoms with Crippen LogP contribution in [0.2, 0.25) is 0 Å². The van der Waals surface area contributed by atoms with Crippen LogP contribution in [0.5, 0.6) is 0 Å². The number of rotatable bonds is 8. The van der Waals surface area contributed by atoms with Crippen LogP contribution in [-0.2, 0) is 5.60 Å². The van der Waals surface area contributed by atoms with Gasteiger partial charge in [0.2, 0.25) is 5.82 Å². The van der Waals surface area contributed by atoms with Crippen LogP contribution in [0.4, 0.5) is 5.82 Å². The number of carbonyl (C=O) groups excluding carboxylic acids is 1. The molecule has 0 radical (unpaired) electrons. The lowest BCUT2D eigenvalue weighted by Gasteiger charge is -2.24. The summed E-state index contributed by atoms with van der Waals surface area (Å²) >= 11 is 0. The summed E-state index contributed by atoms with van der Waals surface area (Å²) in [7, 11) is 0. The Hall–Kier alpha value is -2.55. The molecule has 1 aromatic carbocycles. The van der Waals surface area contributed by atoms with Crippen molar-refractivity contribution in [2.24, 2.45) is 5.92 Å². The number of aromatic nitrogens is 2. The van der Waals surface area contributed by atoms with Crippen LogP contribution in [0.3, 0.4) is 0 Å². The van der Waals surface area contributed by atoms with Crippen LogP contribution in [0.1, 0.15) is 40.8 Å². The molecular formula is C21H30N6O2. The van der Waals surface area contributed by atoms with E-state index in [-0.39, 0.29) is 12.4 Å². The summed E-state index contributed by atoms with van der Waals surface area (Å²) in [5.74, 6) is 0.949. The molecule has 8 nitrogen and oxygen atoms in total. The van der Waals surface area contributed by atoms with Gasteiger partial charge in [-0.15, -0.1) is 0 Å². The van der Waals surface area contributed by atoms with Crippen molar-refractivity contribution in [3.05, 3.63) is 53.0 Å². The van der Waals surface area contributed by atoms with Crippen molar-refractivity contribution in [1.82, 2.24) is 26.1 Å². The van der Waals surface area contributed by atoms with Crippen molar-refractivity contribution < 1.29 is 9.90 Å². The van der Waals surface area contributed by atoms with Gasteiger partial charge in [0.1, 0.15) is 11.4 Å². The molecule has 156 valence electrons. The third-order valence-electron chi connectivity index (χ3n) is 5.33. The number of hydrogen-bond donors (Lipinski definition) is 5. The molecule has 3 rings (SSSR count). The quantitative estimate of drug-likeness (QED) is 0.455. The number of nitrogens with zero attached hydrogens (tertiary/aromatic N) is 2. The van der Waals surface area contributed by atoms with Gasteiger partial charge in [-0.2, -0.15) is 0 Å². The van der Waals surface area contributed by atoms with Gasteiger partial charge in [-0.1, -0.05) is 30.3 Å². The minimum Gasteiger partial charge on any atom is -0.384 e. The maximum absolute atomic E-state index is 12.6. The van der Waals surface area contributed by atoms with Crippen molar-refractivity contribution in [1.29, 1.82) is 0 Å². The van der Waals surface area contributed by atoms with E-state index in [0.717, 1.165) is 42.9 Å². The molecule has 1 atom stereocenters. The number of hydrogen-bond acceptors (Lipinski definition) is 7. The molecule has 8 heteroatoms. The molecule has 1 aliphatic heterocycles. The summed E-state index contributed by atoms with van der Waals surface area (Å²) in [6, 6.07) is 9.25. The summed E-state index contributed by atoms with van der Waals surface area (Å²) in [6.45, 7) is 8.23. The average molecular weight is 399 g/mol. The summed E-state index contributed by atoms with van der Waals surface area (Å²) < 4.78 is 0. The van der Waals surface area contributed by atoms with E-state index in [1.54, 1.807) is 6.92 Å². The van der Waals surface area contributed by atoms with E-state index in [4.69, 9.17) is 0 Å². The lowest BCUT2D eigenvalue weighted by Crippen LogP contribution is -2.39. The normalized spacial score (nSPS) is 16.4. The molecule has 1 amide bonds. The highest BCUT2D eigenvalue weighted by atomic mass is 16.3. The molecule has 5 N–H and O–H groups in total. The fraction of sp³-hybridized carbons (Fsp3) is 0.476. The predicted molar refractivity (Wildman–Crippen MR) is 112 cm³/mol. The number of aryl methyl sites for hydroxylation is 1. The number of amides is 1. The Balaban J connectivity index is 1.63. The SMILES string of the molecule is Cc1nc(C(=O)NCC(C)(O)c2ccccc2)nc(NCCC2CNNC2)c1C. The summed E-state index contributed by atoms with van der Waals surface area (Å²) in [5.41, 5.74) is 7.50. The number of aliphatic hydroxyl groups is 1. The number of nitrogens with one attached hydrogen (secondary N) is 4. The topological polar surface area (TPSA) is 111 Å². The van der Waals surface area contributed by atoms with Gasteiger partial charge in [0.25, 0.3) is 5.91 Å². The second-order valence-electron chi connectivity index (χ2n) is 7.77. The van der Waals surface area contributed by atoms with E-state index < -0.39 is 11.5 Å². The summed E-state index contributed by atoms with van der Waals surface area (Å²) in [4.78, 5) is 21.4. The Morgan fingerprint density at radius 1 is 1.21 bits per heavy atom. The van der Waals surface area contributed by atoms with E-state index in [9.17, 15) is 9.90 Å². The highest BCUT2D eigenvalue weighted by molar-refractivity contribution is 5.91. The summed E-state index contributed by atoms with van der Waals surface area (Å²) in [5, 5.41) is 16.8. The van der Waals surface area contributed by atoms with Crippen molar-refractivity contribution in [2.75, 3.05) is 31.5 Å². The molecule has 2 heterocycles. The lowest BCUT2D eigenvalue weighted by atomic mass is 9.96. The molecule has 0 aliphatic carbocycles. The second kappa shape index (κ2) is 9.30. The number of hydrazine groups is 1. The second-order valence-corrected chi connectivity index (χ2v) is 7.77. The van der Waals surface area contributed by atoms with Gasteiger partial charge in [0.05, 0.1) is 6.54 Å². The maximum Gasteiger partial charge on any atom is 0.289 e. The highest BCUT2D eigenvalue weighted by Gasteiger charge is 2.25. The molecular weight excluding hydrogens is 368 g/mol. The van der Waals surface area contributed by atoms with Crippen LogP contribution in [-0.4, -0.2) is 47.2 Å². The van der Waals surface area contributed by atoms with Gasteiger partial charge in [0.15, 0.2) is 0 Å². The molecule has 1 aromatic heterocycles. The van der Waals surface area contributed by atoms with E-state index in [2.05, 4.69) is 31.5 Å². The molecule has 2 aromatic rings. The van der Waals surface area contributed by atoms with E-state index in [1.807, 2.05) is 44.2 Å². The van der Waals surface area contributed by atoms with Crippen molar-refractivity contribution in [3.8, 4) is 0 Å². The van der Waals surface area contributed by atoms with E-state index in [0.29, 0.717) is 11.7 Å².